The number of hydrogen-bond donors (Lipinski definition) is 1. The normalized spacial score (nSPS) is 10.7. The molecule has 7 heteroatoms. The van der Waals surface area contributed by atoms with Crippen LogP contribution in [0.15, 0.2) is 42.5 Å². The van der Waals surface area contributed by atoms with Crippen LogP contribution >= 0.6 is 0 Å². The van der Waals surface area contributed by atoms with Crippen molar-refractivity contribution in [3.63, 3.8) is 0 Å². The van der Waals surface area contributed by atoms with Crippen molar-refractivity contribution in [2.24, 2.45) is 0 Å². The summed E-state index contributed by atoms with van der Waals surface area (Å²) in [6.45, 7) is 1.13. The van der Waals surface area contributed by atoms with Gasteiger partial charge in [-0.3, -0.25) is 4.79 Å². The molecule has 1 amide bonds. The van der Waals surface area contributed by atoms with Gasteiger partial charge in [-0.25, -0.2) is 0 Å². The SMILES string of the molecule is COc1cc(C(=O)NCc2ccccc2OC(C)C)ccc1OC(F)F. The number of rotatable bonds is 8. The maximum atomic E-state index is 12.4. The van der Waals surface area contributed by atoms with Gasteiger partial charge in [0.2, 0.25) is 0 Å². The Morgan fingerprint density at radius 3 is 2.42 bits per heavy atom. The molecule has 0 atom stereocenters. The van der Waals surface area contributed by atoms with E-state index in [-0.39, 0.29) is 35.6 Å². The van der Waals surface area contributed by atoms with E-state index < -0.39 is 6.61 Å². The van der Waals surface area contributed by atoms with Crippen molar-refractivity contribution in [1.82, 2.24) is 5.32 Å². The maximum Gasteiger partial charge on any atom is 0.387 e. The standard InChI is InChI=1S/C19H21F2NO4/c1-12(2)25-15-7-5-4-6-14(15)11-22-18(23)13-8-9-16(26-19(20)21)17(10-13)24-3/h4-10,12,19H,11H2,1-3H3,(H,22,23). The van der Waals surface area contributed by atoms with Gasteiger partial charge in [0.15, 0.2) is 11.5 Å². The molecule has 1 N–H and O–H groups in total. The van der Waals surface area contributed by atoms with Crippen molar-refractivity contribution in [3.8, 4) is 17.2 Å². The van der Waals surface area contributed by atoms with Crippen molar-refractivity contribution in [3.05, 3.63) is 53.6 Å². The first kappa shape index (κ1) is 19.5. The molecule has 0 unspecified atom stereocenters. The number of carbonyl (C=O) groups is 1. The van der Waals surface area contributed by atoms with Gasteiger partial charge in [0.05, 0.1) is 13.2 Å². The first-order valence-electron chi connectivity index (χ1n) is 8.06. The van der Waals surface area contributed by atoms with E-state index in [0.29, 0.717) is 5.75 Å². The molecule has 0 aromatic heterocycles. The molecule has 0 aliphatic rings. The molecule has 0 spiro atoms. The minimum Gasteiger partial charge on any atom is -0.493 e. The van der Waals surface area contributed by atoms with Crippen LogP contribution in [-0.4, -0.2) is 25.7 Å². The molecule has 0 heterocycles. The molecule has 0 bridgehead atoms. The van der Waals surface area contributed by atoms with Crippen LogP contribution in [0.4, 0.5) is 8.78 Å². The number of alkyl halides is 2. The van der Waals surface area contributed by atoms with E-state index in [4.69, 9.17) is 9.47 Å². The summed E-state index contributed by atoms with van der Waals surface area (Å²) in [6.07, 6.45) is 0.0125. The lowest BCUT2D eigenvalue weighted by atomic mass is 10.1. The smallest absolute Gasteiger partial charge is 0.387 e. The third kappa shape index (κ3) is 5.34. The Morgan fingerprint density at radius 2 is 1.77 bits per heavy atom. The van der Waals surface area contributed by atoms with E-state index in [1.165, 1.54) is 25.3 Å². The molecule has 0 saturated carbocycles. The van der Waals surface area contributed by atoms with Gasteiger partial charge < -0.3 is 19.5 Å². The Labute approximate surface area is 150 Å². The Bertz CT molecular complexity index is 750. The summed E-state index contributed by atoms with van der Waals surface area (Å²) in [5, 5.41) is 2.78. The number of methoxy groups -OCH3 is 1. The third-order valence-corrected chi connectivity index (χ3v) is 3.42. The molecule has 0 radical (unpaired) electrons. The molecular weight excluding hydrogens is 344 g/mol. The molecule has 0 saturated heterocycles. The topological polar surface area (TPSA) is 56.8 Å². The molecular formula is C19H21F2NO4. The summed E-state index contributed by atoms with van der Waals surface area (Å²) < 4.78 is 39.8. The zero-order chi connectivity index (χ0) is 19.1. The molecule has 2 rings (SSSR count). The Balaban J connectivity index is 2.09. The highest BCUT2D eigenvalue weighted by molar-refractivity contribution is 5.94. The summed E-state index contributed by atoms with van der Waals surface area (Å²) >= 11 is 0. The number of carbonyl (C=O) groups excluding carboxylic acids is 1. The van der Waals surface area contributed by atoms with Gasteiger partial charge in [0.25, 0.3) is 5.91 Å². The van der Waals surface area contributed by atoms with E-state index in [1.54, 1.807) is 0 Å². The van der Waals surface area contributed by atoms with Crippen molar-refractivity contribution < 1.29 is 27.8 Å². The van der Waals surface area contributed by atoms with Crippen molar-refractivity contribution in [1.29, 1.82) is 0 Å². The lowest BCUT2D eigenvalue weighted by Gasteiger charge is -2.15. The van der Waals surface area contributed by atoms with Gasteiger partial charge in [0.1, 0.15) is 5.75 Å². The van der Waals surface area contributed by atoms with Gasteiger partial charge in [0, 0.05) is 17.7 Å². The van der Waals surface area contributed by atoms with Gasteiger partial charge in [-0.2, -0.15) is 8.78 Å². The number of ether oxygens (including phenoxy) is 3. The van der Waals surface area contributed by atoms with Gasteiger partial charge in [-0.15, -0.1) is 0 Å². The Hall–Kier alpha value is -2.83. The number of halogens is 2. The van der Waals surface area contributed by atoms with E-state index in [1.807, 2.05) is 38.1 Å². The number of nitrogens with one attached hydrogen (secondary N) is 1. The fraction of sp³-hybridized carbons (Fsp3) is 0.316. The number of hydrogen-bond acceptors (Lipinski definition) is 4. The molecule has 2 aromatic carbocycles. The lowest BCUT2D eigenvalue weighted by Crippen LogP contribution is -2.23. The van der Waals surface area contributed by atoms with Crippen LogP contribution in [0.2, 0.25) is 0 Å². The molecule has 5 nitrogen and oxygen atoms in total. The summed E-state index contributed by atoms with van der Waals surface area (Å²) in [6, 6.07) is 11.4. The highest BCUT2D eigenvalue weighted by Gasteiger charge is 2.14. The fourth-order valence-corrected chi connectivity index (χ4v) is 2.30. The number of para-hydroxylation sites is 1. The largest absolute Gasteiger partial charge is 0.493 e. The fourth-order valence-electron chi connectivity index (χ4n) is 2.30. The molecule has 0 aliphatic carbocycles. The second-order valence-electron chi connectivity index (χ2n) is 5.70. The average molecular weight is 365 g/mol. The highest BCUT2D eigenvalue weighted by atomic mass is 19.3. The van der Waals surface area contributed by atoms with Crippen LogP contribution in [0.25, 0.3) is 0 Å². The van der Waals surface area contributed by atoms with Crippen LogP contribution in [0.3, 0.4) is 0 Å². The van der Waals surface area contributed by atoms with Crippen molar-refractivity contribution in [2.45, 2.75) is 33.1 Å². The maximum absolute atomic E-state index is 12.4. The minimum atomic E-state index is -2.97. The average Bonchev–Trinajstić information content (AvgIpc) is 2.60. The summed E-state index contributed by atoms with van der Waals surface area (Å²) in [4.78, 5) is 12.4. The summed E-state index contributed by atoms with van der Waals surface area (Å²) in [5.74, 6) is 0.253. The number of benzene rings is 2. The molecule has 0 aliphatic heterocycles. The summed E-state index contributed by atoms with van der Waals surface area (Å²) in [5.41, 5.74) is 1.10. The molecule has 2 aromatic rings. The predicted octanol–water partition coefficient (Wildman–Crippen LogP) is 4.01. The van der Waals surface area contributed by atoms with Crippen LogP contribution in [-0.2, 0) is 6.54 Å². The zero-order valence-corrected chi connectivity index (χ0v) is 14.8. The van der Waals surface area contributed by atoms with Gasteiger partial charge in [-0.1, -0.05) is 18.2 Å². The predicted molar refractivity (Wildman–Crippen MR) is 93.0 cm³/mol. The Kier molecular flexibility index (Phi) is 6.77. The van der Waals surface area contributed by atoms with Gasteiger partial charge >= 0.3 is 6.61 Å². The second kappa shape index (κ2) is 9.03. The van der Waals surface area contributed by atoms with Crippen molar-refractivity contribution in [2.75, 3.05) is 7.11 Å². The summed E-state index contributed by atoms with van der Waals surface area (Å²) in [7, 11) is 1.31. The second-order valence-corrected chi connectivity index (χ2v) is 5.70. The van der Waals surface area contributed by atoms with E-state index in [2.05, 4.69) is 10.1 Å². The first-order chi connectivity index (χ1) is 12.4. The first-order valence-corrected chi connectivity index (χ1v) is 8.06. The highest BCUT2D eigenvalue weighted by Crippen LogP contribution is 2.29. The molecule has 140 valence electrons. The monoisotopic (exact) mass is 365 g/mol. The van der Waals surface area contributed by atoms with Crippen LogP contribution < -0.4 is 19.5 Å². The molecule has 26 heavy (non-hydrogen) atoms. The van der Waals surface area contributed by atoms with Gasteiger partial charge in [-0.05, 0) is 38.1 Å². The van der Waals surface area contributed by atoms with E-state index >= 15 is 0 Å². The molecule has 0 fully saturated rings. The van der Waals surface area contributed by atoms with Crippen LogP contribution in [0.5, 0.6) is 17.2 Å². The zero-order valence-electron chi connectivity index (χ0n) is 14.8. The van der Waals surface area contributed by atoms with E-state index in [0.717, 1.165) is 5.56 Å². The van der Waals surface area contributed by atoms with Crippen molar-refractivity contribution >= 4 is 5.91 Å². The number of amides is 1. The quantitative estimate of drug-likeness (QED) is 0.768. The Morgan fingerprint density at radius 1 is 1.04 bits per heavy atom. The van der Waals surface area contributed by atoms with Crippen LogP contribution in [0, 0.1) is 0 Å². The minimum absolute atomic E-state index is 0.0125. The third-order valence-electron chi connectivity index (χ3n) is 3.42. The van der Waals surface area contributed by atoms with E-state index in [9.17, 15) is 13.6 Å². The lowest BCUT2D eigenvalue weighted by molar-refractivity contribution is -0.0512. The van der Waals surface area contributed by atoms with Crippen LogP contribution in [0.1, 0.15) is 29.8 Å².